The molecule has 0 aromatic heterocycles. The van der Waals surface area contributed by atoms with E-state index in [2.05, 4.69) is 11.4 Å². The Morgan fingerprint density at radius 2 is 2.23 bits per heavy atom. The van der Waals surface area contributed by atoms with Crippen LogP contribution in [-0.4, -0.2) is 37.8 Å². The highest BCUT2D eigenvalue weighted by Crippen LogP contribution is 2.12. The fraction of sp³-hybridized carbons (Fsp3) is 0.889. The van der Waals surface area contributed by atoms with E-state index in [9.17, 15) is 0 Å². The zero-order valence-corrected chi connectivity index (χ0v) is 9.41. The van der Waals surface area contributed by atoms with Crippen LogP contribution < -0.4 is 5.32 Å². The molecule has 0 spiro atoms. The van der Waals surface area contributed by atoms with Crippen LogP contribution in [0.5, 0.6) is 0 Å². The molecule has 1 atom stereocenters. The quantitative estimate of drug-likeness (QED) is 0.631. The molecule has 0 aliphatic heterocycles. The smallest absolute Gasteiger partial charge is 0.104 e. The van der Waals surface area contributed by atoms with Crippen LogP contribution >= 0.6 is 11.8 Å². The SMILES string of the molecule is CNC(C)(C#N)CCSCCOC. The Kier molecular flexibility index (Phi) is 7.06. The number of hydrogen-bond acceptors (Lipinski definition) is 4. The van der Waals surface area contributed by atoms with E-state index in [1.807, 2.05) is 25.7 Å². The van der Waals surface area contributed by atoms with Crippen molar-refractivity contribution < 1.29 is 4.74 Å². The molecule has 0 aromatic carbocycles. The zero-order chi connectivity index (χ0) is 10.2. The van der Waals surface area contributed by atoms with Crippen LogP contribution in [0.25, 0.3) is 0 Å². The summed E-state index contributed by atoms with van der Waals surface area (Å²) < 4.78 is 4.93. The third-order valence-electron chi connectivity index (χ3n) is 1.98. The molecule has 0 radical (unpaired) electrons. The standard InChI is InChI=1S/C9H18N2OS/c1-9(8-10,11-2)4-6-13-7-5-12-3/h11H,4-7H2,1-3H3. The van der Waals surface area contributed by atoms with Crippen LogP contribution in [0, 0.1) is 11.3 Å². The van der Waals surface area contributed by atoms with Crippen LogP contribution in [0.4, 0.5) is 0 Å². The van der Waals surface area contributed by atoms with Crippen LogP contribution in [0.2, 0.25) is 0 Å². The van der Waals surface area contributed by atoms with Gasteiger partial charge in [-0.3, -0.25) is 0 Å². The molecule has 3 nitrogen and oxygen atoms in total. The summed E-state index contributed by atoms with van der Waals surface area (Å²) >= 11 is 1.82. The third kappa shape index (κ3) is 5.92. The Balaban J connectivity index is 3.46. The second-order valence-electron chi connectivity index (χ2n) is 3.05. The molecular formula is C9H18N2OS. The first-order valence-corrected chi connectivity index (χ1v) is 5.51. The average Bonchev–Trinajstić information content (AvgIpc) is 2.17. The van der Waals surface area contributed by atoms with E-state index < -0.39 is 0 Å². The van der Waals surface area contributed by atoms with Crippen molar-refractivity contribution in [1.29, 1.82) is 5.26 Å². The van der Waals surface area contributed by atoms with Gasteiger partial charge < -0.3 is 10.1 Å². The minimum absolute atomic E-state index is 0.375. The Morgan fingerprint density at radius 1 is 1.54 bits per heavy atom. The molecule has 0 aliphatic rings. The van der Waals surface area contributed by atoms with Gasteiger partial charge in [-0.25, -0.2) is 0 Å². The highest BCUT2D eigenvalue weighted by atomic mass is 32.2. The number of hydrogen-bond donors (Lipinski definition) is 1. The first kappa shape index (κ1) is 12.8. The molecule has 0 rings (SSSR count). The van der Waals surface area contributed by atoms with Crippen LogP contribution in [0.3, 0.4) is 0 Å². The lowest BCUT2D eigenvalue weighted by molar-refractivity contribution is 0.218. The van der Waals surface area contributed by atoms with E-state index in [1.54, 1.807) is 7.11 Å². The number of nitrogens with one attached hydrogen (secondary N) is 1. The van der Waals surface area contributed by atoms with Gasteiger partial charge in [-0.2, -0.15) is 17.0 Å². The predicted molar refractivity (Wildman–Crippen MR) is 56.9 cm³/mol. The van der Waals surface area contributed by atoms with Crippen molar-refractivity contribution in [2.24, 2.45) is 0 Å². The third-order valence-corrected chi connectivity index (χ3v) is 2.92. The summed E-state index contributed by atoms with van der Waals surface area (Å²) in [5.41, 5.74) is -0.375. The second-order valence-corrected chi connectivity index (χ2v) is 4.27. The number of methoxy groups -OCH3 is 1. The molecule has 4 heteroatoms. The molecule has 13 heavy (non-hydrogen) atoms. The number of rotatable bonds is 7. The van der Waals surface area contributed by atoms with Crippen LogP contribution in [0.15, 0.2) is 0 Å². The summed E-state index contributed by atoms with van der Waals surface area (Å²) in [4.78, 5) is 0. The van der Waals surface area contributed by atoms with E-state index in [4.69, 9.17) is 10.00 Å². The minimum atomic E-state index is -0.375. The molecular weight excluding hydrogens is 184 g/mol. The molecule has 0 fully saturated rings. The van der Waals surface area contributed by atoms with Gasteiger partial charge >= 0.3 is 0 Å². The van der Waals surface area contributed by atoms with Gasteiger partial charge in [0.1, 0.15) is 5.54 Å². The Bertz CT molecular complexity index is 169. The Morgan fingerprint density at radius 3 is 2.69 bits per heavy atom. The maximum atomic E-state index is 8.84. The molecule has 0 aromatic rings. The maximum Gasteiger partial charge on any atom is 0.104 e. The highest BCUT2D eigenvalue weighted by Gasteiger charge is 2.19. The lowest BCUT2D eigenvalue weighted by Gasteiger charge is -2.19. The molecule has 1 unspecified atom stereocenters. The summed E-state index contributed by atoms with van der Waals surface area (Å²) in [5, 5.41) is 11.9. The van der Waals surface area contributed by atoms with Crippen molar-refractivity contribution in [3.8, 4) is 6.07 Å². The van der Waals surface area contributed by atoms with Gasteiger partial charge in [-0.15, -0.1) is 0 Å². The number of nitriles is 1. The van der Waals surface area contributed by atoms with Gasteiger partial charge in [0.15, 0.2) is 0 Å². The van der Waals surface area contributed by atoms with Crippen molar-refractivity contribution in [2.45, 2.75) is 18.9 Å². The minimum Gasteiger partial charge on any atom is -0.384 e. The van der Waals surface area contributed by atoms with Crippen molar-refractivity contribution in [3.05, 3.63) is 0 Å². The van der Waals surface area contributed by atoms with E-state index in [-0.39, 0.29) is 5.54 Å². The number of thioether (sulfide) groups is 1. The van der Waals surface area contributed by atoms with E-state index in [0.717, 1.165) is 24.5 Å². The van der Waals surface area contributed by atoms with Gasteiger partial charge in [0.25, 0.3) is 0 Å². The summed E-state index contributed by atoms with van der Waals surface area (Å²) in [6.07, 6.45) is 0.869. The molecule has 0 saturated carbocycles. The monoisotopic (exact) mass is 202 g/mol. The zero-order valence-electron chi connectivity index (χ0n) is 8.59. The second kappa shape index (κ2) is 7.19. The fourth-order valence-corrected chi connectivity index (χ4v) is 1.80. The largest absolute Gasteiger partial charge is 0.384 e. The molecule has 0 bridgehead atoms. The topological polar surface area (TPSA) is 45.0 Å². The van der Waals surface area contributed by atoms with Crippen molar-refractivity contribution in [2.75, 3.05) is 32.3 Å². The maximum absolute atomic E-state index is 8.84. The molecule has 0 aliphatic carbocycles. The van der Waals surface area contributed by atoms with Crippen LogP contribution in [0.1, 0.15) is 13.3 Å². The van der Waals surface area contributed by atoms with Gasteiger partial charge in [-0.1, -0.05) is 0 Å². The predicted octanol–water partition coefficient (Wildman–Crippen LogP) is 1.26. The molecule has 1 N–H and O–H groups in total. The van der Waals surface area contributed by atoms with Crippen LogP contribution in [-0.2, 0) is 4.74 Å². The first-order valence-electron chi connectivity index (χ1n) is 4.35. The van der Waals surface area contributed by atoms with Crippen molar-refractivity contribution in [1.82, 2.24) is 5.32 Å². The highest BCUT2D eigenvalue weighted by molar-refractivity contribution is 7.99. The molecule has 0 amide bonds. The van der Waals surface area contributed by atoms with Crippen molar-refractivity contribution >= 4 is 11.8 Å². The summed E-state index contributed by atoms with van der Waals surface area (Å²) in [6, 6.07) is 2.26. The van der Waals surface area contributed by atoms with Gasteiger partial charge in [0.2, 0.25) is 0 Å². The Labute approximate surface area is 84.8 Å². The normalized spacial score (nSPS) is 14.9. The Hall–Kier alpha value is -0.240. The van der Waals surface area contributed by atoms with E-state index in [1.165, 1.54) is 0 Å². The van der Waals surface area contributed by atoms with E-state index in [0.29, 0.717) is 0 Å². The van der Waals surface area contributed by atoms with Gasteiger partial charge in [-0.05, 0) is 26.1 Å². The molecule has 0 saturated heterocycles. The van der Waals surface area contributed by atoms with E-state index >= 15 is 0 Å². The average molecular weight is 202 g/mol. The first-order chi connectivity index (χ1) is 6.18. The van der Waals surface area contributed by atoms with Gasteiger partial charge in [0, 0.05) is 12.9 Å². The number of ether oxygens (including phenoxy) is 1. The number of nitrogens with zero attached hydrogens (tertiary/aromatic N) is 1. The molecule has 0 heterocycles. The van der Waals surface area contributed by atoms with Crippen molar-refractivity contribution in [3.63, 3.8) is 0 Å². The molecule has 76 valence electrons. The van der Waals surface area contributed by atoms with Gasteiger partial charge in [0.05, 0.1) is 12.7 Å². The fourth-order valence-electron chi connectivity index (χ4n) is 0.757. The summed E-state index contributed by atoms with van der Waals surface area (Å²) in [7, 11) is 3.52. The lowest BCUT2D eigenvalue weighted by Crippen LogP contribution is -2.38. The lowest BCUT2D eigenvalue weighted by atomic mass is 10.0. The summed E-state index contributed by atoms with van der Waals surface area (Å²) in [5.74, 6) is 2.00. The summed E-state index contributed by atoms with van der Waals surface area (Å²) in [6.45, 7) is 2.71.